The molecule has 104 valence electrons. The lowest BCUT2D eigenvalue weighted by molar-refractivity contribution is 0.659. The summed E-state index contributed by atoms with van der Waals surface area (Å²) < 4.78 is 2.19. The van der Waals surface area contributed by atoms with Crippen LogP contribution in [0.3, 0.4) is 0 Å². The summed E-state index contributed by atoms with van der Waals surface area (Å²) in [6, 6.07) is 0. The highest BCUT2D eigenvalue weighted by atomic mass is 32.1. The number of nitrogens with zero attached hydrogens (tertiary/aromatic N) is 3. The van der Waals surface area contributed by atoms with Gasteiger partial charge in [0.1, 0.15) is 0 Å². The van der Waals surface area contributed by atoms with Crippen LogP contribution in [0.5, 0.6) is 0 Å². The van der Waals surface area contributed by atoms with E-state index in [2.05, 4.69) is 45.3 Å². The summed E-state index contributed by atoms with van der Waals surface area (Å²) in [7, 11) is 0. The second-order valence-electron chi connectivity index (χ2n) is 5.31. The van der Waals surface area contributed by atoms with Gasteiger partial charge in [-0.2, -0.15) is 0 Å². The predicted molar refractivity (Wildman–Crippen MR) is 80.8 cm³/mol. The summed E-state index contributed by atoms with van der Waals surface area (Å²) in [5.74, 6) is 1.59. The number of aromatic nitrogens is 3. The van der Waals surface area contributed by atoms with Crippen molar-refractivity contribution in [2.45, 2.75) is 40.7 Å². The number of hydrogen-bond donors (Lipinski definition) is 1. The summed E-state index contributed by atoms with van der Waals surface area (Å²) in [5.41, 5.74) is 2.17. The van der Waals surface area contributed by atoms with Crippen molar-refractivity contribution in [3.63, 3.8) is 0 Å². The SMILES string of the molecule is Cc1csc(CCn2cc(C)nc2NCC(C)C)n1. The van der Waals surface area contributed by atoms with Crippen LogP contribution in [0.25, 0.3) is 0 Å². The van der Waals surface area contributed by atoms with Crippen LogP contribution >= 0.6 is 11.3 Å². The number of anilines is 1. The van der Waals surface area contributed by atoms with Gasteiger partial charge in [0.2, 0.25) is 5.95 Å². The lowest BCUT2D eigenvalue weighted by Crippen LogP contribution is -2.13. The predicted octanol–water partition coefficient (Wildman–Crippen LogP) is 3.27. The first-order valence-electron chi connectivity index (χ1n) is 6.73. The molecule has 2 rings (SSSR count). The second-order valence-corrected chi connectivity index (χ2v) is 6.25. The normalized spacial score (nSPS) is 11.2. The molecule has 0 bridgehead atoms. The van der Waals surface area contributed by atoms with Crippen LogP contribution in [0, 0.1) is 19.8 Å². The zero-order valence-corrected chi connectivity index (χ0v) is 12.9. The minimum Gasteiger partial charge on any atom is -0.355 e. The van der Waals surface area contributed by atoms with Gasteiger partial charge in [0.05, 0.1) is 10.7 Å². The third-order valence-corrected chi connectivity index (χ3v) is 3.82. The van der Waals surface area contributed by atoms with E-state index < -0.39 is 0 Å². The average Bonchev–Trinajstić information content (AvgIpc) is 2.90. The number of thiazole rings is 1. The number of nitrogens with one attached hydrogen (secondary N) is 1. The van der Waals surface area contributed by atoms with Gasteiger partial charge in [0.15, 0.2) is 0 Å². The van der Waals surface area contributed by atoms with Crippen molar-refractivity contribution in [1.29, 1.82) is 0 Å². The van der Waals surface area contributed by atoms with Crippen LogP contribution in [0.2, 0.25) is 0 Å². The van der Waals surface area contributed by atoms with Crippen LogP contribution in [0.15, 0.2) is 11.6 Å². The van der Waals surface area contributed by atoms with Gasteiger partial charge in [-0.3, -0.25) is 0 Å². The van der Waals surface area contributed by atoms with E-state index in [4.69, 9.17) is 0 Å². The molecule has 0 amide bonds. The zero-order valence-electron chi connectivity index (χ0n) is 12.1. The van der Waals surface area contributed by atoms with E-state index in [0.717, 1.165) is 36.8 Å². The Morgan fingerprint density at radius 3 is 2.68 bits per heavy atom. The van der Waals surface area contributed by atoms with E-state index in [0.29, 0.717) is 5.92 Å². The number of rotatable bonds is 6. The fourth-order valence-corrected chi connectivity index (χ4v) is 2.65. The molecule has 0 radical (unpaired) electrons. The molecule has 0 fully saturated rings. The molecule has 0 saturated carbocycles. The van der Waals surface area contributed by atoms with Gasteiger partial charge in [-0.05, 0) is 19.8 Å². The zero-order chi connectivity index (χ0) is 13.8. The Hall–Kier alpha value is -1.36. The molecule has 0 aliphatic rings. The maximum atomic E-state index is 4.53. The largest absolute Gasteiger partial charge is 0.355 e. The van der Waals surface area contributed by atoms with Crippen LogP contribution in [0.1, 0.15) is 30.2 Å². The molecular formula is C14H22N4S. The van der Waals surface area contributed by atoms with E-state index >= 15 is 0 Å². The van der Waals surface area contributed by atoms with E-state index in [1.165, 1.54) is 5.01 Å². The van der Waals surface area contributed by atoms with Crippen molar-refractivity contribution >= 4 is 17.3 Å². The minimum absolute atomic E-state index is 0.618. The smallest absolute Gasteiger partial charge is 0.203 e. The highest BCUT2D eigenvalue weighted by molar-refractivity contribution is 7.09. The van der Waals surface area contributed by atoms with Crippen molar-refractivity contribution in [1.82, 2.24) is 14.5 Å². The molecule has 0 atom stereocenters. The van der Waals surface area contributed by atoms with Gasteiger partial charge in [-0.25, -0.2) is 9.97 Å². The van der Waals surface area contributed by atoms with Gasteiger partial charge in [-0.1, -0.05) is 13.8 Å². The molecule has 2 aromatic heterocycles. The Morgan fingerprint density at radius 2 is 2.05 bits per heavy atom. The molecule has 0 aromatic carbocycles. The van der Waals surface area contributed by atoms with Crippen molar-refractivity contribution in [2.24, 2.45) is 5.92 Å². The van der Waals surface area contributed by atoms with Gasteiger partial charge < -0.3 is 9.88 Å². The van der Waals surface area contributed by atoms with Crippen molar-refractivity contribution in [3.05, 3.63) is 28.0 Å². The third kappa shape index (κ3) is 4.06. The minimum atomic E-state index is 0.618. The van der Waals surface area contributed by atoms with E-state index in [1.54, 1.807) is 11.3 Å². The highest BCUT2D eigenvalue weighted by Crippen LogP contribution is 2.14. The molecule has 0 spiro atoms. The summed E-state index contributed by atoms with van der Waals surface area (Å²) in [4.78, 5) is 9.04. The Bertz CT molecular complexity index is 527. The van der Waals surface area contributed by atoms with Crippen LogP contribution < -0.4 is 5.32 Å². The topological polar surface area (TPSA) is 42.7 Å². The fourth-order valence-electron chi connectivity index (χ4n) is 1.89. The van der Waals surface area contributed by atoms with E-state index in [9.17, 15) is 0 Å². The molecule has 5 heteroatoms. The van der Waals surface area contributed by atoms with E-state index in [1.807, 2.05) is 13.8 Å². The van der Waals surface area contributed by atoms with Crippen LogP contribution in [-0.4, -0.2) is 21.1 Å². The van der Waals surface area contributed by atoms with Crippen molar-refractivity contribution in [2.75, 3.05) is 11.9 Å². The summed E-state index contributed by atoms with van der Waals surface area (Å²) in [6.07, 6.45) is 3.06. The second kappa shape index (κ2) is 6.19. The molecule has 1 N–H and O–H groups in total. The van der Waals surface area contributed by atoms with Gasteiger partial charge in [0.25, 0.3) is 0 Å². The van der Waals surface area contributed by atoms with Gasteiger partial charge >= 0.3 is 0 Å². The molecule has 0 aliphatic carbocycles. The Labute approximate surface area is 118 Å². The highest BCUT2D eigenvalue weighted by Gasteiger charge is 2.07. The molecule has 0 saturated heterocycles. The standard InChI is InChI=1S/C14H22N4S/c1-10(2)7-15-14-17-11(3)8-18(14)6-5-13-16-12(4)9-19-13/h8-10H,5-7H2,1-4H3,(H,15,17). The van der Waals surface area contributed by atoms with E-state index in [-0.39, 0.29) is 0 Å². The number of aryl methyl sites for hydroxylation is 4. The maximum absolute atomic E-state index is 4.53. The maximum Gasteiger partial charge on any atom is 0.203 e. The molecule has 19 heavy (non-hydrogen) atoms. The first-order chi connectivity index (χ1) is 9.04. The summed E-state index contributed by atoms with van der Waals surface area (Å²) >= 11 is 1.73. The van der Waals surface area contributed by atoms with Crippen molar-refractivity contribution < 1.29 is 0 Å². The Balaban J connectivity index is 1.98. The Kier molecular flexibility index (Phi) is 4.58. The molecular weight excluding hydrogens is 256 g/mol. The lowest BCUT2D eigenvalue weighted by Gasteiger charge is -2.10. The average molecular weight is 278 g/mol. The first kappa shape index (κ1) is 14.1. The van der Waals surface area contributed by atoms with Gasteiger partial charge in [-0.15, -0.1) is 11.3 Å². The summed E-state index contributed by atoms with van der Waals surface area (Å²) in [5, 5.41) is 6.71. The fraction of sp³-hybridized carbons (Fsp3) is 0.571. The number of imidazole rings is 1. The quantitative estimate of drug-likeness (QED) is 0.882. The monoisotopic (exact) mass is 278 g/mol. The summed E-state index contributed by atoms with van der Waals surface area (Å²) in [6.45, 7) is 10.3. The molecule has 0 unspecified atom stereocenters. The molecule has 0 aliphatic heterocycles. The van der Waals surface area contributed by atoms with Crippen LogP contribution in [-0.2, 0) is 13.0 Å². The molecule has 2 aromatic rings. The van der Waals surface area contributed by atoms with Gasteiger partial charge in [0, 0.05) is 36.8 Å². The number of hydrogen-bond acceptors (Lipinski definition) is 4. The molecule has 2 heterocycles. The van der Waals surface area contributed by atoms with Crippen LogP contribution in [0.4, 0.5) is 5.95 Å². The lowest BCUT2D eigenvalue weighted by atomic mass is 10.2. The first-order valence-corrected chi connectivity index (χ1v) is 7.61. The Morgan fingerprint density at radius 1 is 1.26 bits per heavy atom. The molecule has 4 nitrogen and oxygen atoms in total. The third-order valence-electron chi connectivity index (χ3n) is 2.80. The van der Waals surface area contributed by atoms with Crippen molar-refractivity contribution in [3.8, 4) is 0 Å².